The van der Waals surface area contributed by atoms with E-state index in [2.05, 4.69) is 12.0 Å². The third-order valence-corrected chi connectivity index (χ3v) is 2.23. The third kappa shape index (κ3) is 1.85. The van der Waals surface area contributed by atoms with Crippen LogP contribution in [0.15, 0.2) is 4.79 Å². The molecule has 1 heterocycles. The number of H-pyrrole nitrogens is 1. The lowest BCUT2D eigenvalue weighted by Crippen LogP contribution is -2.20. The molecule has 0 atom stereocenters. The van der Waals surface area contributed by atoms with Crippen LogP contribution in [0.5, 0.6) is 0 Å². The zero-order chi connectivity index (χ0) is 10.0. The van der Waals surface area contributed by atoms with Crippen molar-refractivity contribution in [1.29, 1.82) is 0 Å². The summed E-state index contributed by atoms with van der Waals surface area (Å²) in [5, 5.41) is 3.10. The summed E-state index contributed by atoms with van der Waals surface area (Å²) in [7, 11) is 0. The van der Waals surface area contributed by atoms with Crippen LogP contribution in [-0.4, -0.2) is 9.78 Å². The fourth-order valence-electron chi connectivity index (χ4n) is 1.51. The van der Waals surface area contributed by atoms with Gasteiger partial charge in [0.2, 0.25) is 0 Å². The SMILES string of the molecule is CCCc1c(C)[nH]n(C(C)C)c1=O. The third-order valence-electron chi connectivity index (χ3n) is 2.23. The second kappa shape index (κ2) is 3.81. The molecule has 3 nitrogen and oxygen atoms in total. The van der Waals surface area contributed by atoms with E-state index >= 15 is 0 Å². The van der Waals surface area contributed by atoms with Gasteiger partial charge >= 0.3 is 0 Å². The summed E-state index contributed by atoms with van der Waals surface area (Å²) in [6.07, 6.45) is 1.90. The second-order valence-electron chi connectivity index (χ2n) is 3.73. The summed E-state index contributed by atoms with van der Waals surface area (Å²) in [4.78, 5) is 11.8. The van der Waals surface area contributed by atoms with Crippen LogP contribution >= 0.6 is 0 Å². The van der Waals surface area contributed by atoms with E-state index in [1.807, 2.05) is 20.8 Å². The molecule has 13 heavy (non-hydrogen) atoms. The number of rotatable bonds is 3. The first kappa shape index (κ1) is 10.1. The van der Waals surface area contributed by atoms with Crippen molar-refractivity contribution in [2.24, 2.45) is 0 Å². The molecule has 74 valence electrons. The number of hydrogen-bond acceptors (Lipinski definition) is 1. The van der Waals surface area contributed by atoms with Crippen LogP contribution in [0.2, 0.25) is 0 Å². The molecule has 0 saturated heterocycles. The van der Waals surface area contributed by atoms with E-state index in [0.29, 0.717) is 0 Å². The summed E-state index contributed by atoms with van der Waals surface area (Å²) in [6, 6.07) is 0.219. The molecule has 0 unspecified atom stereocenters. The maximum Gasteiger partial charge on any atom is 0.270 e. The number of aromatic nitrogens is 2. The Morgan fingerprint density at radius 1 is 1.46 bits per heavy atom. The molecule has 0 bridgehead atoms. The smallest absolute Gasteiger partial charge is 0.270 e. The van der Waals surface area contributed by atoms with Crippen LogP contribution in [-0.2, 0) is 6.42 Å². The number of nitrogens with zero attached hydrogens (tertiary/aromatic N) is 1. The molecular formula is C10H18N2O. The van der Waals surface area contributed by atoms with E-state index in [1.54, 1.807) is 4.68 Å². The fourth-order valence-corrected chi connectivity index (χ4v) is 1.51. The highest BCUT2D eigenvalue weighted by Gasteiger charge is 2.11. The van der Waals surface area contributed by atoms with Gasteiger partial charge in [0.15, 0.2) is 0 Å². The van der Waals surface area contributed by atoms with Gasteiger partial charge in [0.1, 0.15) is 0 Å². The number of hydrogen-bond donors (Lipinski definition) is 1. The molecule has 0 saturated carbocycles. The molecule has 0 aliphatic heterocycles. The number of aryl methyl sites for hydroxylation is 1. The first-order chi connectivity index (χ1) is 6.07. The van der Waals surface area contributed by atoms with Crippen LogP contribution < -0.4 is 5.56 Å². The Balaban J connectivity index is 3.15. The molecule has 0 aliphatic carbocycles. The number of aromatic amines is 1. The predicted molar refractivity (Wildman–Crippen MR) is 54.2 cm³/mol. The molecule has 0 fully saturated rings. The second-order valence-corrected chi connectivity index (χ2v) is 3.73. The van der Waals surface area contributed by atoms with Gasteiger partial charge in [-0.3, -0.25) is 14.6 Å². The molecular weight excluding hydrogens is 164 g/mol. The van der Waals surface area contributed by atoms with Crippen LogP contribution in [0, 0.1) is 6.92 Å². The van der Waals surface area contributed by atoms with Gasteiger partial charge in [-0.25, -0.2) is 0 Å². The van der Waals surface area contributed by atoms with Crippen molar-refractivity contribution in [2.75, 3.05) is 0 Å². The predicted octanol–water partition coefficient (Wildman–Crippen LogP) is 2.02. The Morgan fingerprint density at radius 3 is 2.46 bits per heavy atom. The van der Waals surface area contributed by atoms with E-state index in [4.69, 9.17) is 0 Å². The van der Waals surface area contributed by atoms with Crippen molar-refractivity contribution in [2.45, 2.75) is 46.6 Å². The lowest BCUT2D eigenvalue weighted by Gasteiger charge is -2.03. The van der Waals surface area contributed by atoms with Crippen molar-refractivity contribution in [3.05, 3.63) is 21.6 Å². The minimum atomic E-state index is 0.148. The standard InChI is InChI=1S/C10H18N2O/c1-5-6-9-8(4)11-12(7(2)3)10(9)13/h7,11H,5-6H2,1-4H3. The summed E-state index contributed by atoms with van der Waals surface area (Å²) in [5.74, 6) is 0. The molecule has 0 radical (unpaired) electrons. The average molecular weight is 182 g/mol. The van der Waals surface area contributed by atoms with E-state index in [-0.39, 0.29) is 11.6 Å². The summed E-state index contributed by atoms with van der Waals surface area (Å²) < 4.78 is 1.69. The van der Waals surface area contributed by atoms with Crippen LogP contribution in [0.25, 0.3) is 0 Å². The van der Waals surface area contributed by atoms with Gasteiger partial charge in [-0.1, -0.05) is 13.3 Å². The summed E-state index contributed by atoms with van der Waals surface area (Å²) >= 11 is 0. The van der Waals surface area contributed by atoms with E-state index in [9.17, 15) is 4.79 Å². The molecule has 1 rings (SSSR count). The van der Waals surface area contributed by atoms with Gasteiger partial charge < -0.3 is 0 Å². The first-order valence-electron chi connectivity index (χ1n) is 4.87. The number of nitrogens with one attached hydrogen (secondary N) is 1. The highest BCUT2D eigenvalue weighted by Crippen LogP contribution is 2.06. The summed E-state index contributed by atoms with van der Waals surface area (Å²) in [5.41, 5.74) is 2.10. The van der Waals surface area contributed by atoms with Gasteiger partial charge in [-0.2, -0.15) is 0 Å². The lowest BCUT2D eigenvalue weighted by atomic mass is 10.1. The van der Waals surface area contributed by atoms with Crippen molar-refractivity contribution in [3.63, 3.8) is 0 Å². The molecule has 1 aromatic heterocycles. The topological polar surface area (TPSA) is 37.8 Å². The monoisotopic (exact) mass is 182 g/mol. The molecule has 1 aromatic rings. The minimum absolute atomic E-state index is 0.148. The Bertz CT molecular complexity index is 333. The van der Waals surface area contributed by atoms with Gasteiger partial charge in [-0.15, -0.1) is 0 Å². The Kier molecular flexibility index (Phi) is 2.96. The van der Waals surface area contributed by atoms with E-state index in [0.717, 1.165) is 24.1 Å². The molecule has 0 spiro atoms. The molecule has 0 aliphatic rings. The highest BCUT2D eigenvalue weighted by molar-refractivity contribution is 5.16. The van der Waals surface area contributed by atoms with Gasteiger partial charge in [0, 0.05) is 17.3 Å². The Labute approximate surface area is 78.8 Å². The molecule has 3 heteroatoms. The quantitative estimate of drug-likeness (QED) is 0.763. The first-order valence-corrected chi connectivity index (χ1v) is 4.87. The molecule has 0 amide bonds. The maximum atomic E-state index is 11.8. The Hall–Kier alpha value is -0.990. The van der Waals surface area contributed by atoms with Crippen molar-refractivity contribution in [3.8, 4) is 0 Å². The van der Waals surface area contributed by atoms with Crippen molar-refractivity contribution >= 4 is 0 Å². The maximum absolute atomic E-state index is 11.8. The molecule has 0 aromatic carbocycles. The molecule has 1 N–H and O–H groups in total. The largest absolute Gasteiger partial charge is 0.299 e. The fraction of sp³-hybridized carbons (Fsp3) is 0.700. The van der Waals surface area contributed by atoms with Crippen molar-refractivity contribution < 1.29 is 0 Å². The highest BCUT2D eigenvalue weighted by atomic mass is 16.1. The minimum Gasteiger partial charge on any atom is -0.299 e. The summed E-state index contributed by atoms with van der Waals surface area (Å²) in [6.45, 7) is 8.07. The van der Waals surface area contributed by atoms with Crippen LogP contribution in [0.4, 0.5) is 0 Å². The lowest BCUT2D eigenvalue weighted by molar-refractivity contribution is 0.513. The van der Waals surface area contributed by atoms with Crippen LogP contribution in [0.3, 0.4) is 0 Å². The van der Waals surface area contributed by atoms with E-state index in [1.165, 1.54) is 0 Å². The zero-order valence-electron chi connectivity index (χ0n) is 8.85. The van der Waals surface area contributed by atoms with Crippen LogP contribution in [0.1, 0.15) is 44.5 Å². The van der Waals surface area contributed by atoms with Gasteiger partial charge in [-0.05, 0) is 27.2 Å². The normalized spacial score (nSPS) is 11.2. The average Bonchev–Trinajstić information content (AvgIpc) is 2.32. The van der Waals surface area contributed by atoms with Gasteiger partial charge in [0.25, 0.3) is 5.56 Å². The van der Waals surface area contributed by atoms with E-state index < -0.39 is 0 Å². The Morgan fingerprint density at radius 2 is 2.08 bits per heavy atom. The van der Waals surface area contributed by atoms with Gasteiger partial charge in [0.05, 0.1) is 0 Å². The zero-order valence-corrected chi connectivity index (χ0v) is 8.85. The van der Waals surface area contributed by atoms with Crippen molar-refractivity contribution in [1.82, 2.24) is 9.78 Å².